The summed E-state index contributed by atoms with van der Waals surface area (Å²) in [5, 5.41) is 9.45. The van der Waals surface area contributed by atoms with Gasteiger partial charge in [0.25, 0.3) is 0 Å². The first kappa shape index (κ1) is 22.4. The molecule has 0 aliphatic heterocycles. The zero-order valence-electron chi connectivity index (χ0n) is 16.7. The summed E-state index contributed by atoms with van der Waals surface area (Å²) in [6.07, 6.45) is 2.34. The summed E-state index contributed by atoms with van der Waals surface area (Å²) < 4.78 is 34.0. The van der Waals surface area contributed by atoms with Gasteiger partial charge in [0.05, 0.1) is 10.7 Å². The van der Waals surface area contributed by atoms with E-state index in [9.17, 15) is 18.7 Å². The highest BCUT2D eigenvalue weighted by Gasteiger charge is 2.23. The normalized spacial score (nSPS) is 13.5. The van der Waals surface area contributed by atoms with Gasteiger partial charge in [-0.15, -0.1) is 0 Å². The van der Waals surface area contributed by atoms with E-state index < -0.39 is 17.6 Å². The molecule has 1 heterocycles. The standard InChI is InChI=1S/C24H17BrClF2NO3/c25-14-5-9-22(32-12-13-4-6-15(27)11-20(13)28)18(10-14)16-2-1-3-17(16)21-8-7-19(26)23(29-21)24(30)31/h4-11H,1-3,12H2,(H,30,31). The number of rotatable bonds is 6. The van der Waals surface area contributed by atoms with E-state index in [1.807, 2.05) is 12.1 Å². The van der Waals surface area contributed by atoms with E-state index in [0.29, 0.717) is 11.4 Å². The van der Waals surface area contributed by atoms with Gasteiger partial charge in [-0.2, -0.15) is 0 Å². The molecule has 2 aromatic carbocycles. The number of nitrogens with zero attached hydrogens (tertiary/aromatic N) is 1. The van der Waals surface area contributed by atoms with Crippen LogP contribution in [-0.2, 0) is 6.61 Å². The van der Waals surface area contributed by atoms with Crippen LogP contribution >= 0.6 is 27.5 Å². The van der Waals surface area contributed by atoms with Crippen LogP contribution in [0.3, 0.4) is 0 Å². The molecule has 0 spiro atoms. The zero-order valence-corrected chi connectivity index (χ0v) is 19.0. The molecule has 164 valence electrons. The number of aromatic carboxylic acids is 1. The molecule has 0 unspecified atom stereocenters. The number of carboxylic acids is 1. The van der Waals surface area contributed by atoms with Crippen LogP contribution in [0.1, 0.15) is 46.6 Å². The summed E-state index contributed by atoms with van der Waals surface area (Å²) >= 11 is 9.46. The minimum Gasteiger partial charge on any atom is -0.488 e. The van der Waals surface area contributed by atoms with Crippen molar-refractivity contribution < 1.29 is 23.4 Å². The van der Waals surface area contributed by atoms with Gasteiger partial charge in [0.1, 0.15) is 24.0 Å². The molecular formula is C24H17BrClF2NO3. The van der Waals surface area contributed by atoms with Crippen LogP contribution in [0.15, 0.2) is 53.0 Å². The minimum atomic E-state index is -1.19. The Hall–Kier alpha value is -2.77. The van der Waals surface area contributed by atoms with E-state index in [1.165, 1.54) is 18.2 Å². The third-order valence-electron chi connectivity index (χ3n) is 5.24. The molecule has 0 atom stereocenters. The van der Waals surface area contributed by atoms with Crippen molar-refractivity contribution in [3.8, 4) is 5.75 Å². The average Bonchev–Trinajstić information content (AvgIpc) is 3.23. The van der Waals surface area contributed by atoms with Crippen LogP contribution in [0.4, 0.5) is 8.78 Å². The fourth-order valence-electron chi connectivity index (χ4n) is 3.74. The Labute approximate surface area is 196 Å². The van der Waals surface area contributed by atoms with Crippen molar-refractivity contribution in [2.45, 2.75) is 25.9 Å². The molecule has 3 aromatic rings. The van der Waals surface area contributed by atoms with Gasteiger partial charge in [0.2, 0.25) is 0 Å². The molecule has 1 aliphatic carbocycles. The fraction of sp³-hybridized carbons (Fsp3) is 0.167. The lowest BCUT2D eigenvalue weighted by molar-refractivity contribution is 0.0690. The zero-order chi connectivity index (χ0) is 22.8. The summed E-state index contributed by atoms with van der Waals surface area (Å²) in [5.41, 5.74) is 3.30. The van der Waals surface area contributed by atoms with Gasteiger partial charge in [0.15, 0.2) is 5.69 Å². The molecule has 1 aliphatic rings. The van der Waals surface area contributed by atoms with E-state index in [0.717, 1.165) is 46.5 Å². The number of hydrogen-bond acceptors (Lipinski definition) is 3. The number of aromatic nitrogens is 1. The molecular weight excluding hydrogens is 504 g/mol. The van der Waals surface area contributed by atoms with Crippen LogP contribution in [0.5, 0.6) is 5.75 Å². The second kappa shape index (κ2) is 9.38. The van der Waals surface area contributed by atoms with Crippen LogP contribution in [-0.4, -0.2) is 16.1 Å². The van der Waals surface area contributed by atoms with E-state index in [4.69, 9.17) is 16.3 Å². The van der Waals surface area contributed by atoms with Gasteiger partial charge in [-0.25, -0.2) is 18.6 Å². The molecule has 1 N–H and O–H groups in total. The average molecular weight is 521 g/mol. The first-order valence-electron chi connectivity index (χ1n) is 9.82. The lowest BCUT2D eigenvalue weighted by atomic mass is 9.99. The van der Waals surface area contributed by atoms with Crippen molar-refractivity contribution in [3.63, 3.8) is 0 Å². The summed E-state index contributed by atoms with van der Waals surface area (Å²) in [6.45, 7) is -0.0638. The Morgan fingerprint density at radius 2 is 1.88 bits per heavy atom. The number of pyridine rings is 1. The van der Waals surface area contributed by atoms with Crippen molar-refractivity contribution in [1.82, 2.24) is 4.98 Å². The topological polar surface area (TPSA) is 59.4 Å². The largest absolute Gasteiger partial charge is 0.488 e. The summed E-state index contributed by atoms with van der Waals surface area (Å²) in [4.78, 5) is 15.7. The lowest BCUT2D eigenvalue weighted by Gasteiger charge is -2.15. The third-order valence-corrected chi connectivity index (χ3v) is 6.04. The molecule has 32 heavy (non-hydrogen) atoms. The Morgan fingerprint density at radius 3 is 2.62 bits per heavy atom. The molecule has 0 fully saturated rings. The van der Waals surface area contributed by atoms with Crippen molar-refractivity contribution in [3.05, 3.63) is 92.2 Å². The van der Waals surface area contributed by atoms with Crippen molar-refractivity contribution in [2.24, 2.45) is 0 Å². The SMILES string of the molecule is O=C(O)c1nc(C2=C(c3cc(Br)ccc3OCc3ccc(F)cc3F)CCC2)ccc1Cl. The number of ether oxygens (including phenoxy) is 1. The summed E-state index contributed by atoms with van der Waals surface area (Å²) in [5.74, 6) is -1.97. The van der Waals surface area contributed by atoms with Crippen LogP contribution in [0, 0.1) is 11.6 Å². The fourth-order valence-corrected chi connectivity index (χ4v) is 4.29. The van der Waals surface area contributed by atoms with Crippen LogP contribution < -0.4 is 4.74 Å². The van der Waals surface area contributed by atoms with Gasteiger partial charge in [0, 0.05) is 21.7 Å². The highest BCUT2D eigenvalue weighted by molar-refractivity contribution is 9.10. The highest BCUT2D eigenvalue weighted by Crippen LogP contribution is 2.43. The van der Waals surface area contributed by atoms with Gasteiger partial charge in [-0.05, 0) is 72.9 Å². The lowest BCUT2D eigenvalue weighted by Crippen LogP contribution is -2.04. The highest BCUT2D eigenvalue weighted by atomic mass is 79.9. The number of carbonyl (C=O) groups is 1. The molecule has 1 aromatic heterocycles. The van der Waals surface area contributed by atoms with Crippen molar-refractivity contribution in [2.75, 3.05) is 0 Å². The maximum atomic E-state index is 14.0. The van der Waals surface area contributed by atoms with E-state index in [-0.39, 0.29) is 22.9 Å². The van der Waals surface area contributed by atoms with Crippen molar-refractivity contribution >= 4 is 44.6 Å². The summed E-state index contributed by atoms with van der Waals surface area (Å²) in [7, 11) is 0. The third kappa shape index (κ3) is 4.69. The molecule has 0 amide bonds. The summed E-state index contributed by atoms with van der Waals surface area (Å²) in [6, 6.07) is 12.1. The Kier molecular flexibility index (Phi) is 6.58. The molecule has 4 nitrogen and oxygen atoms in total. The maximum Gasteiger partial charge on any atom is 0.356 e. The molecule has 0 saturated heterocycles. The van der Waals surface area contributed by atoms with Crippen LogP contribution in [0.2, 0.25) is 5.02 Å². The van der Waals surface area contributed by atoms with E-state index in [2.05, 4.69) is 20.9 Å². The van der Waals surface area contributed by atoms with Gasteiger partial charge in [-0.3, -0.25) is 0 Å². The number of halogens is 4. The second-order valence-electron chi connectivity index (χ2n) is 7.31. The predicted octanol–water partition coefficient (Wildman–Crippen LogP) is 7.15. The Balaban J connectivity index is 1.73. The van der Waals surface area contributed by atoms with E-state index >= 15 is 0 Å². The molecule has 0 bridgehead atoms. The number of carboxylic acid groups (broad SMARTS) is 1. The van der Waals surface area contributed by atoms with Gasteiger partial charge in [-0.1, -0.05) is 27.5 Å². The second-order valence-corrected chi connectivity index (χ2v) is 8.63. The molecule has 8 heteroatoms. The Bertz CT molecular complexity index is 1250. The quantitative estimate of drug-likeness (QED) is 0.375. The van der Waals surface area contributed by atoms with Crippen molar-refractivity contribution in [1.29, 1.82) is 0 Å². The van der Waals surface area contributed by atoms with Gasteiger partial charge >= 0.3 is 5.97 Å². The molecule has 0 radical (unpaired) electrons. The first-order chi connectivity index (χ1) is 15.3. The number of allylic oxidation sites excluding steroid dienone is 2. The first-order valence-corrected chi connectivity index (χ1v) is 11.0. The van der Waals surface area contributed by atoms with Crippen LogP contribution in [0.25, 0.3) is 11.1 Å². The number of benzene rings is 2. The Morgan fingerprint density at radius 1 is 1.09 bits per heavy atom. The smallest absolute Gasteiger partial charge is 0.356 e. The minimum absolute atomic E-state index is 0.0638. The number of hydrogen-bond donors (Lipinski definition) is 1. The monoisotopic (exact) mass is 519 g/mol. The maximum absolute atomic E-state index is 14.0. The molecule has 4 rings (SSSR count). The van der Waals surface area contributed by atoms with Gasteiger partial charge < -0.3 is 9.84 Å². The predicted molar refractivity (Wildman–Crippen MR) is 122 cm³/mol. The van der Waals surface area contributed by atoms with E-state index in [1.54, 1.807) is 12.1 Å². The molecule has 0 saturated carbocycles.